The second kappa shape index (κ2) is 83.6. The molecule has 16 nitrogen and oxygen atoms in total. The summed E-state index contributed by atoms with van der Waals surface area (Å²) in [6.07, 6.45) is 100. The molecule has 0 aromatic rings. The fourth-order valence-electron chi connectivity index (χ4n) is 12.2. The van der Waals surface area contributed by atoms with E-state index in [1.165, 1.54) is 193 Å². The predicted molar refractivity (Wildman–Crippen MR) is 454 cm³/mol. The number of carbonyl (C=O) groups is 3. The first-order valence-corrected chi connectivity index (χ1v) is 47.2. The van der Waals surface area contributed by atoms with Gasteiger partial charge in [-0.1, -0.05) is 348 Å². The maximum absolute atomic E-state index is 13.0. The fraction of sp³-hybridized carbons (Fsp3) is 0.769. The van der Waals surface area contributed by atoms with Crippen molar-refractivity contribution in [2.24, 2.45) is 0 Å². The number of allylic oxidation sites excluding steroid dienone is 18. The maximum Gasteiger partial charge on any atom is 0.472 e. The number of hydrogen-bond acceptors (Lipinski definition) is 14. The average molecular weight is 1570 g/mol. The van der Waals surface area contributed by atoms with E-state index in [0.717, 1.165) is 141 Å². The van der Waals surface area contributed by atoms with Crippen LogP contribution in [0.4, 0.5) is 0 Å². The van der Waals surface area contributed by atoms with Gasteiger partial charge in [0, 0.05) is 19.3 Å². The third kappa shape index (κ3) is 84.9. The lowest BCUT2D eigenvalue weighted by molar-refractivity contribution is -0.161. The number of ether oxygens (including phenoxy) is 3. The molecule has 0 aliphatic heterocycles. The molecule has 0 amide bonds. The van der Waals surface area contributed by atoms with Crippen molar-refractivity contribution in [3.05, 3.63) is 109 Å². The standard InChI is InChI=1S/C91H162O16P2/c1-4-7-10-13-16-19-22-25-28-30-32-34-36-37-38-39-40-41-42-43-44-45-46-47-49-51-52-54-57-59-62-65-68-71-74-77-89(94)101-80-86(92)81-103-108(97,98)104-82-87(93)83-105-109(99,100)106-85-88(107-91(96)79-76-73-70-67-64-61-56-27-24-21-18-15-12-9-6-3)84-102-90(95)78-75-72-69-66-63-60-58-55-53-50-48-35-33-31-29-26-23-20-17-14-11-8-5-2/h16-17,19-20,25-29,32-35,37-38,50,53,56,86-88,92-93H,4-15,18,21-24,30-31,36,39-49,51-52,54-55,57-85H2,1-3H3,(H,97,98)(H,99,100)/b19-16-,20-17-,28-25-,29-26-,34-32-,35-33-,38-37-,53-50-,56-27-. The van der Waals surface area contributed by atoms with Gasteiger partial charge in [-0.05, 0) is 135 Å². The van der Waals surface area contributed by atoms with E-state index in [2.05, 4.69) is 130 Å². The first kappa shape index (κ1) is 105. The van der Waals surface area contributed by atoms with Gasteiger partial charge in [-0.25, -0.2) is 9.13 Å². The van der Waals surface area contributed by atoms with Crippen molar-refractivity contribution in [3.8, 4) is 0 Å². The van der Waals surface area contributed by atoms with E-state index in [1.54, 1.807) is 0 Å². The molecule has 109 heavy (non-hydrogen) atoms. The van der Waals surface area contributed by atoms with Gasteiger partial charge in [-0.2, -0.15) is 0 Å². The van der Waals surface area contributed by atoms with Crippen LogP contribution in [0.2, 0.25) is 0 Å². The van der Waals surface area contributed by atoms with Crippen LogP contribution in [-0.4, -0.2) is 95.9 Å². The molecule has 18 heteroatoms. The van der Waals surface area contributed by atoms with Crippen LogP contribution < -0.4 is 0 Å². The molecule has 0 radical (unpaired) electrons. The van der Waals surface area contributed by atoms with E-state index in [9.17, 15) is 43.5 Å². The van der Waals surface area contributed by atoms with Gasteiger partial charge < -0.3 is 34.2 Å². The van der Waals surface area contributed by atoms with Crippen LogP contribution in [-0.2, 0) is 55.8 Å². The minimum absolute atomic E-state index is 0.0926. The monoisotopic (exact) mass is 1570 g/mol. The molecule has 0 bridgehead atoms. The molecule has 0 fully saturated rings. The van der Waals surface area contributed by atoms with E-state index >= 15 is 0 Å². The highest BCUT2D eigenvalue weighted by atomic mass is 31.2. The zero-order valence-corrected chi connectivity index (χ0v) is 71.3. The second-order valence-electron chi connectivity index (χ2n) is 29.7. The van der Waals surface area contributed by atoms with Crippen molar-refractivity contribution in [1.82, 2.24) is 0 Å². The first-order chi connectivity index (χ1) is 53.2. The molecular weight excluding hydrogens is 1410 g/mol. The molecule has 4 N–H and O–H groups in total. The lowest BCUT2D eigenvalue weighted by atomic mass is 10.0. The predicted octanol–water partition coefficient (Wildman–Crippen LogP) is 26.7. The van der Waals surface area contributed by atoms with Crippen molar-refractivity contribution >= 4 is 33.6 Å². The Hall–Kier alpha value is -3.79. The Labute approximate surface area is 666 Å². The van der Waals surface area contributed by atoms with Crippen molar-refractivity contribution in [3.63, 3.8) is 0 Å². The highest BCUT2D eigenvalue weighted by Crippen LogP contribution is 2.45. The van der Waals surface area contributed by atoms with Gasteiger partial charge in [0.25, 0.3) is 0 Å². The van der Waals surface area contributed by atoms with Crippen LogP contribution in [0.1, 0.15) is 393 Å². The van der Waals surface area contributed by atoms with E-state index < -0.39 is 91.5 Å². The second-order valence-corrected chi connectivity index (χ2v) is 32.6. The minimum atomic E-state index is -4.94. The summed E-state index contributed by atoms with van der Waals surface area (Å²) in [6, 6.07) is 0. The number of rotatable bonds is 84. The highest BCUT2D eigenvalue weighted by molar-refractivity contribution is 7.47. The lowest BCUT2D eigenvalue weighted by Gasteiger charge is -2.21. The Kier molecular flexibility index (Phi) is 80.7. The van der Waals surface area contributed by atoms with E-state index in [4.69, 9.17) is 32.3 Å². The molecule has 5 atom stereocenters. The third-order valence-corrected chi connectivity index (χ3v) is 20.8. The molecule has 0 aromatic heterocycles. The summed E-state index contributed by atoms with van der Waals surface area (Å²) in [5, 5.41) is 20.7. The SMILES string of the molecule is CCCCC/C=C\C/C=C\C/C=C\C/C=C\CCCCCCCCCCCCCCCCCCCCCC(=O)OCC(O)COP(=O)(O)OCC(O)COP(=O)(O)OCC(COC(=O)CCCCCCCCC/C=C\C/C=C\C/C=C\C/C=C\CCCCC)OC(=O)CCCCCCC/C=C\CCCCCCCC. The topological polar surface area (TPSA) is 231 Å². The number of aliphatic hydroxyl groups excluding tert-OH is 2. The summed E-state index contributed by atoms with van der Waals surface area (Å²) >= 11 is 0. The van der Waals surface area contributed by atoms with Crippen LogP contribution >= 0.6 is 15.6 Å². The van der Waals surface area contributed by atoms with Gasteiger partial charge in [0.15, 0.2) is 6.10 Å². The number of phosphoric ester groups is 2. The van der Waals surface area contributed by atoms with Crippen molar-refractivity contribution in [1.29, 1.82) is 0 Å². The van der Waals surface area contributed by atoms with Crippen molar-refractivity contribution in [2.45, 2.75) is 411 Å². The van der Waals surface area contributed by atoms with Gasteiger partial charge in [0.05, 0.1) is 26.4 Å². The number of hydrogen-bond donors (Lipinski definition) is 4. The molecule has 0 heterocycles. The molecule has 0 aromatic carbocycles. The summed E-state index contributed by atoms with van der Waals surface area (Å²) < 4.78 is 61.3. The molecule has 0 rings (SSSR count). The molecule has 0 aliphatic rings. The largest absolute Gasteiger partial charge is 0.472 e. The van der Waals surface area contributed by atoms with Crippen LogP contribution in [0.15, 0.2) is 109 Å². The first-order valence-electron chi connectivity index (χ1n) is 44.2. The number of unbranched alkanes of at least 4 members (excludes halogenated alkanes) is 43. The van der Waals surface area contributed by atoms with Crippen LogP contribution in [0, 0.1) is 0 Å². The Balaban J connectivity index is 4.42. The molecule has 0 aliphatic carbocycles. The molecule has 0 spiro atoms. The third-order valence-electron chi connectivity index (χ3n) is 18.9. The van der Waals surface area contributed by atoms with E-state index in [0.29, 0.717) is 19.3 Å². The summed E-state index contributed by atoms with van der Waals surface area (Å²) in [5.74, 6) is -1.58. The number of esters is 3. The van der Waals surface area contributed by atoms with Gasteiger partial charge in [0.1, 0.15) is 25.4 Å². The maximum atomic E-state index is 13.0. The Bertz CT molecular complexity index is 2420. The smallest absolute Gasteiger partial charge is 0.463 e. The van der Waals surface area contributed by atoms with Crippen molar-refractivity contribution in [2.75, 3.05) is 39.6 Å². The summed E-state index contributed by atoms with van der Waals surface area (Å²) in [4.78, 5) is 58.8. The average Bonchev–Trinajstić information content (AvgIpc) is 0.902. The molecule has 0 saturated carbocycles. The highest BCUT2D eigenvalue weighted by Gasteiger charge is 2.29. The van der Waals surface area contributed by atoms with Crippen molar-refractivity contribution < 1.29 is 75.8 Å². The molecular formula is C91H162O16P2. The van der Waals surface area contributed by atoms with Gasteiger partial charge in [0.2, 0.25) is 0 Å². The minimum Gasteiger partial charge on any atom is -0.463 e. The zero-order valence-electron chi connectivity index (χ0n) is 69.5. The Morgan fingerprint density at radius 3 is 0.752 bits per heavy atom. The fourth-order valence-corrected chi connectivity index (χ4v) is 13.8. The Morgan fingerprint density at radius 1 is 0.257 bits per heavy atom. The number of carbonyl (C=O) groups excluding carboxylic acids is 3. The van der Waals surface area contributed by atoms with Gasteiger partial charge >= 0.3 is 33.6 Å². The Morgan fingerprint density at radius 2 is 0.459 bits per heavy atom. The summed E-state index contributed by atoms with van der Waals surface area (Å²) in [6.45, 7) is 2.65. The van der Waals surface area contributed by atoms with Crippen LogP contribution in [0.25, 0.3) is 0 Å². The lowest BCUT2D eigenvalue weighted by Crippen LogP contribution is -2.30. The van der Waals surface area contributed by atoms with E-state index in [1.807, 2.05) is 0 Å². The van der Waals surface area contributed by atoms with Gasteiger partial charge in [-0.15, -0.1) is 0 Å². The molecule has 0 saturated heterocycles. The number of aliphatic hydroxyl groups is 2. The quantitative estimate of drug-likeness (QED) is 0.0146. The summed E-state index contributed by atoms with van der Waals surface area (Å²) in [7, 11) is -9.80. The van der Waals surface area contributed by atoms with Gasteiger partial charge in [-0.3, -0.25) is 32.5 Å². The van der Waals surface area contributed by atoms with E-state index in [-0.39, 0.29) is 19.3 Å². The van der Waals surface area contributed by atoms with Crippen LogP contribution in [0.5, 0.6) is 0 Å². The van der Waals surface area contributed by atoms with Crippen LogP contribution in [0.3, 0.4) is 0 Å². The zero-order chi connectivity index (χ0) is 79.4. The summed E-state index contributed by atoms with van der Waals surface area (Å²) in [5.41, 5.74) is 0. The normalized spacial score (nSPS) is 14.4. The number of phosphoric acid groups is 2. The molecule has 5 unspecified atom stereocenters. The molecule has 632 valence electrons.